The first-order chi connectivity index (χ1) is 6.42. The Bertz CT molecular complexity index is 299. The summed E-state index contributed by atoms with van der Waals surface area (Å²) in [5.74, 6) is 0. The van der Waals surface area contributed by atoms with E-state index in [9.17, 15) is 13.2 Å². The van der Waals surface area contributed by atoms with E-state index in [-0.39, 0.29) is 18.0 Å². The van der Waals surface area contributed by atoms with Crippen molar-refractivity contribution in [1.29, 1.82) is 0 Å². The molecule has 1 aromatic carbocycles. The van der Waals surface area contributed by atoms with Crippen LogP contribution in [0.3, 0.4) is 0 Å². The molecule has 0 saturated heterocycles. The van der Waals surface area contributed by atoms with Crippen LogP contribution >= 0.6 is 12.4 Å². The molecule has 0 fully saturated rings. The molecule has 1 aromatic rings. The van der Waals surface area contributed by atoms with Gasteiger partial charge in [0.15, 0.2) is 0 Å². The van der Waals surface area contributed by atoms with Crippen LogP contribution in [0, 0.1) is 0 Å². The number of rotatable bonds is 2. The molecule has 1 rings (SSSR count). The molecule has 2 N–H and O–H groups in total. The zero-order valence-electron chi connectivity index (χ0n) is 8.21. The molecule has 0 aliphatic heterocycles. The van der Waals surface area contributed by atoms with E-state index in [1.54, 1.807) is 18.2 Å². The third-order valence-electron chi connectivity index (χ3n) is 2.44. The van der Waals surface area contributed by atoms with E-state index in [1.807, 2.05) is 0 Å². The fourth-order valence-electron chi connectivity index (χ4n) is 1.20. The standard InChI is InChI=1S/C10H12F3N.ClH/c1-9(7-14,10(11,12)13)8-5-3-2-4-6-8;/h2-6H,7,14H2,1H3;1H. The van der Waals surface area contributed by atoms with Crippen LogP contribution in [0.1, 0.15) is 12.5 Å². The average Bonchev–Trinajstić information content (AvgIpc) is 2.16. The summed E-state index contributed by atoms with van der Waals surface area (Å²) >= 11 is 0. The normalized spacial score (nSPS) is 15.3. The minimum absolute atomic E-state index is 0. The summed E-state index contributed by atoms with van der Waals surface area (Å²) in [6, 6.07) is 7.72. The van der Waals surface area contributed by atoms with Crippen LogP contribution in [0.15, 0.2) is 30.3 Å². The van der Waals surface area contributed by atoms with Gasteiger partial charge in [0.25, 0.3) is 0 Å². The zero-order chi connectivity index (χ0) is 10.8. The van der Waals surface area contributed by atoms with Crippen LogP contribution < -0.4 is 5.73 Å². The lowest BCUT2D eigenvalue weighted by Gasteiger charge is -2.31. The molecule has 0 amide bonds. The van der Waals surface area contributed by atoms with Crippen molar-refractivity contribution in [3.05, 3.63) is 35.9 Å². The molecule has 5 heteroatoms. The second-order valence-electron chi connectivity index (χ2n) is 3.40. The van der Waals surface area contributed by atoms with Crippen molar-refractivity contribution in [3.8, 4) is 0 Å². The van der Waals surface area contributed by atoms with Gasteiger partial charge in [-0.2, -0.15) is 13.2 Å². The third-order valence-corrected chi connectivity index (χ3v) is 2.44. The molecule has 1 nitrogen and oxygen atoms in total. The van der Waals surface area contributed by atoms with Crippen LogP contribution in [0.5, 0.6) is 0 Å². The molecule has 0 saturated carbocycles. The lowest BCUT2D eigenvalue weighted by Crippen LogP contribution is -2.45. The largest absolute Gasteiger partial charge is 0.399 e. The van der Waals surface area contributed by atoms with Gasteiger partial charge in [0, 0.05) is 6.54 Å². The highest BCUT2D eigenvalue weighted by atomic mass is 35.5. The minimum Gasteiger partial charge on any atom is -0.329 e. The molecule has 0 radical (unpaired) electrons. The Balaban J connectivity index is 0.00000196. The molecule has 15 heavy (non-hydrogen) atoms. The van der Waals surface area contributed by atoms with Crippen molar-refractivity contribution in [2.24, 2.45) is 5.73 Å². The number of nitrogens with two attached hydrogens (primary N) is 1. The topological polar surface area (TPSA) is 26.0 Å². The van der Waals surface area contributed by atoms with Gasteiger partial charge in [-0.3, -0.25) is 0 Å². The zero-order valence-corrected chi connectivity index (χ0v) is 9.03. The fourth-order valence-corrected chi connectivity index (χ4v) is 1.20. The van der Waals surface area contributed by atoms with E-state index in [0.717, 1.165) is 6.92 Å². The highest BCUT2D eigenvalue weighted by Gasteiger charge is 2.51. The summed E-state index contributed by atoms with van der Waals surface area (Å²) in [7, 11) is 0. The Kier molecular flexibility index (Phi) is 4.62. The summed E-state index contributed by atoms with van der Waals surface area (Å²) in [4.78, 5) is 0. The Morgan fingerprint density at radius 2 is 1.60 bits per heavy atom. The Morgan fingerprint density at radius 1 is 1.13 bits per heavy atom. The maximum absolute atomic E-state index is 12.7. The lowest BCUT2D eigenvalue weighted by atomic mass is 9.82. The molecule has 86 valence electrons. The van der Waals surface area contributed by atoms with Gasteiger partial charge in [0.2, 0.25) is 0 Å². The molecule has 0 aliphatic carbocycles. The number of hydrogen-bond acceptors (Lipinski definition) is 1. The first kappa shape index (κ1) is 14.3. The minimum atomic E-state index is -4.32. The summed E-state index contributed by atoms with van der Waals surface area (Å²) in [6.07, 6.45) is -4.32. The van der Waals surface area contributed by atoms with E-state index in [2.05, 4.69) is 0 Å². The summed E-state index contributed by atoms with van der Waals surface area (Å²) in [5.41, 5.74) is 3.46. The molecular formula is C10H13ClF3N. The van der Waals surface area contributed by atoms with Gasteiger partial charge in [-0.15, -0.1) is 12.4 Å². The van der Waals surface area contributed by atoms with Gasteiger partial charge < -0.3 is 5.73 Å². The second-order valence-corrected chi connectivity index (χ2v) is 3.40. The van der Waals surface area contributed by atoms with Crippen LogP contribution in [-0.4, -0.2) is 12.7 Å². The highest BCUT2D eigenvalue weighted by Crippen LogP contribution is 2.39. The number of benzene rings is 1. The van der Waals surface area contributed by atoms with Crippen LogP contribution in [0.25, 0.3) is 0 Å². The van der Waals surface area contributed by atoms with Gasteiger partial charge in [0.1, 0.15) is 5.41 Å². The quantitative estimate of drug-likeness (QED) is 0.844. The van der Waals surface area contributed by atoms with Crippen molar-refractivity contribution in [2.45, 2.75) is 18.5 Å². The third kappa shape index (κ3) is 2.63. The van der Waals surface area contributed by atoms with Crippen LogP contribution in [-0.2, 0) is 5.41 Å². The summed E-state index contributed by atoms with van der Waals surface area (Å²) in [5, 5.41) is 0. The van der Waals surface area contributed by atoms with Crippen LogP contribution in [0.2, 0.25) is 0 Å². The molecule has 1 atom stereocenters. The Hall–Kier alpha value is -0.740. The smallest absolute Gasteiger partial charge is 0.329 e. The van der Waals surface area contributed by atoms with Gasteiger partial charge in [0.05, 0.1) is 0 Å². The monoisotopic (exact) mass is 239 g/mol. The van der Waals surface area contributed by atoms with Gasteiger partial charge in [-0.05, 0) is 12.5 Å². The molecule has 0 aliphatic rings. The van der Waals surface area contributed by atoms with E-state index in [0.29, 0.717) is 0 Å². The first-order valence-corrected chi connectivity index (χ1v) is 4.24. The van der Waals surface area contributed by atoms with E-state index in [4.69, 9.17) is 5.73 Å². The van der Waals surface area contributed by atoms with E-state index < -0.39 is 18.1 Å². The number of halogens is 4. The van der Waals surface area contributed by atoms with Gasteiger partial charge >= 0.3 is 6.18 Å². The van der Waals surface area contributed by atoms with E-state index in [1.165, 1.54) is 12.1 Å². The average molecular weight is 240 g/mol. The maximum Gasteiger partial charge on any atom is 0.399 e. The Labute approximate surface area is 92.9 Å². The molecule has 0 bridgehead atoms. The summed E-state index contributed by atoms with van der Waals surface area (Å²) in [6.45, 7) is 0.669. The van der Waals surface area contributed by atoms with Crippen molar-refractivity contribution < 1.29 is 13.2 Å². The SMILES string of the molecule is CC(CN)(c1ccccc1)C(F)(F)F.Cl. The molecule has 0 spiro atoms. The first-order valence-electron chi connectivity index (χ1n) is 4.24. The van der Waals surface area contributed by atoms with Crippen molar-refractivity contribution in [3.63, 3.8) is 0 Å². The summed E-state index contributed by atoms with van der Waals surface area (Å²) < 4.78 is 38.1. The van der Waals surface area contributed by atoms with Gasteiger partial charge in [-0.1, -0.05) is 30.3 Å². The molecular weight excluding hydrogens is 227 g/mol. The van der Waals surface area contributed by atoms with Crippen molar-refractivity contribution >= 4 is 12.4 Å². The fraction of sp³-hybridized carbons (Fsp3) is 0.400. The van der Waals surface area contributed by atoms with Gasteiger partial charge in [-0.25, -0.2) is 0 Å². The molecule has 0 aromatic heterocycles. The predicted octanol–water partition coefficient (Wildman–Crippen LogP) is 2.89. The van der Waals surface area contributed by atoms with Crippen molar-refractivity contribution in [2.75, 3.05) is 6.54 Å². The predicted molar refractivity (Wildman–Crippen MR) is 56.2 cm³/mol. The van der Waals surface area contributed by atoms with Crippen molar-refractivity contribution in [1.82, 2.24) is 0 Å². The number of hydrogen-bond donors (Lipinski definition) is 1. The maximum atomic E-state index is 12.7. The van der Waals surface area contributed by atoms with E-state index >= 15 is 0 Å². The highest BCUT2D eigenvalue weighted by molar-refractivity contribution is 5.85. The van der Waals surface area contributed by atoms with Crippen LogP contribution in [0.4, 0.5) is 13.2 Å². The lowest BCUT2D eigenvalue weighted by molar-refractivity contribution is -0.182. The molecule has 1 unspecified atom stereocenters. The Morgan fingerprint density at radius 3 is 1.93 bits per heavy atom. The second kappa shape index (κ2) is 4.86. The molecule has 0 heterocycles. The number of alkyl halides is 3.